The summed E-state index contributed by atoms with van der Waals surface area (Å²) in [6, 6.07) is 0. The molecule has 0 amide bonds. The van der Waals surface area contributed by atoms with Crippen LogP contribution >= 0.6 is 66.7 Å². The minimum absolute atomic E-state index is 0.0349. The molecule has 2 fully saturated rings. The molecule has 0 radical (unpaired) electrons. The van der Waals surface area contributed by atoms with E-state index in [2.05, 4.69) is 37.6 Å². The number of alkyl halides is 4. The van der Waals surface area contributed by atoms with E-state index >= 15 is 0 Å². The first kappa shape index (κ1) is 19.6. The van der Waals surface area contributed by atoms with E-state index in [0.717, 1.165) is 6.42 Å². The highest BCUT2D eigenvalue weighted by Crippen LogP contribution is 2.36. The Kier molecular flexibility index (Phi) is 8.11. The van der Waals surface area contributed by atoms with Crippen molar-refractivity contribution in [3.63, 3.8) is 0 Å². The average Bonchev–Trinajstić information content (AvgIpc) is 2.47. The smallest absolute Gasteiger partial charge is 0.0859 e. The fourth-order valence-electron chi connectivity index (χ4n) is 2.85. The van der Waals surface area contributed by atoms with Gasteiger partial charge in [0.2, 0.25) is 0 Å². The van der Waals surface area contributed by atoms with Crippen LogP contribution in [0.3, 0.4) is 0 Å². The summed E-state index contributed by atoms with van der Waals surface area (Å²) in [5.41, 5.74) is 3.00. The van der Waals surface area contributed by atoms with Crippen molar-refractivity contribution in [1.29, 1.82) is 0 Å². The van der Waals surface area contributed by atoms with Gasteiger partial charge in [-0.05, 0) is 25.8 Å². The van der Waals surface area contributed by atoms with Crippen molar-refractivity contribution in [2.45, 2.75) is 71.6 Å². The molecule has 2 nitrogen and oxygen atoms in total. The fourth-order valence-corrected chi connectivity index (χ4v) is 4.55. The molecule has 0 N–H and O–H groups in total. The van der Waals surface area contributed by atoms with Crippen LogP contribution in [-0.4, -0.2) is 45.4 Å². The Bertz CT molecular complexity index is 431. The third kappa shape index (κ3) is 5.13. The Morgan fingerprint density at radius 1 is 1.05 bits per heavy atom. The lowest BCUT2D eigenvalue weighted by Gasteiger charge is -2.41. The molecule has 8 atom stereocenters. The number of hydrogen-bond donors (Lipinski definition) is 0. The number of hydrogen-bond acceptors (Lipinski definition) is 2. The summed E-state index contributed by atoms with van der Waals surface area (Å²) in [4.78, 5) is 1.79. The van der Waals surface area contributed by atoms with Crippen LogP contribution in [0, 0.1) is 0 Å². The minimum atomic E-state index is -0.252. The molecular weight excluding hydrogens is 478 g/mol. The summed E-state index contributed by atoms with van der Waals surface area (Å²) < 4.78 is 12.3. The van der Waals surface area contributed by atoms with Crippen LogP contribution in [0.5, 0.6) is 0 Å². The molecular formula is C15H19Br2Cl3O2. The monoisotopic (exact) mass is 494 g/mol. The Balaban J connectivity index is 2.24. The van der Waals surface area contributed by atoms with Gasteiger partial charge in [0.25, 0.3) is 0 Å². The van der Waals surface area contributed by atoms with Crippen LogP contribution in [0.4, 0.5) is 0 Å². The van der Waals surface area contributed by atoms with E-state index in [4.69, 9.17) is 44.3 Å². The summed E-state index contributed by atoms with van der Waals surface area (Å²) in [6.45, 7) is 1.97. The highest BCUT2D eigenvalue weighted by molar-refractivity contribution is 9.11. The number of fused-ring (bicyclic) bond motifs is 2. The van der Waals surface area contributed by atoms with E-state index in [1.165, 1.54) is 0 Å². The van der Waals surface area contributed by atoms with Crippen LogP contribution in [0.1, 0.15) is 26.2 Å². The molecule has 2 rings (SSSR count). The first-order valence-corrected chi connectivity index (χ1v) is 10.4. The molecule has 22 heavy (non-hydrogen) atoms. The van der Waals surface area contributed by atoms with Gasteiger partial charge < -0.3 is 9.47 Å². The molecule has 2 heterocycles. The molecule has 0 saturated carbocycles. The van der Waals surface area contributed by atoms with Gasteiger partial charge in [0, 0.05) is 21.6 Å². The largest absolute Gasteiger partial charge is 0.372 e. The second kappa shape index (κ2) is 9.10. The fraction of sp³-hybridized carbons (Fsp3) is 0.800. The molecule has 0 aromatic carbocycles. The van der Waals surface area contributed by atoms with Crippen molar-refractivity contribution < 1.29 is 9.47 Å². The molecule has 0 spiro atoms. The summed E-state index contributed by atoms with van der Waals surface area (Å²) in [6.07, 6.45) is 3.43. The molecule has 2 saturated heterocycles. The van der Waals surface area contributed by atoms with Crippen molar-refractivity contribution in [3.05, 3.63) is 16.8 Å². The molecule has 0 aromatic rings. The van der Waals surface area contributed by atoms with Gasteiger partial charge in [-0.25, -0.2) is 0 Å². The molecule has 2 aliphatic rings. The third-order valence-corrected chi connectivity index (χ3v) is 7.21. The highest BCUT2D eigenvalue weighted by Gasteiger charge is 2.41. The van der Waals surface area contributed by atoms with E-state index in [1.807, 2.05) is 13.0 Å². The van der Waals surface area contributed by atoms with Crippen LogP contribution in [0.25, 0.3) is 0 Å². The zero-order valence-corrected chi connectivity index (χ0v) is 17.5. The summed E-state index contributed by atoms with van der Waals surface area (Å²) in [5, 5.41) is -0.458. The van der Waals surface area contributed by atoms with E-state index < -0.39 is 0 Å². The van der Waals surface area contributed by atoms with E-state index in [9.17, 15) is 0 Å². The van der Waals surface area contributed by atoms with Crippen molar-refractivity contribution in [2.24, 2.45) is 0 Å². The first-order chi connectivity index (χ1) is 10.4. The number of rotatable bonds is 1. The molecule has 8 unspecified atom stereocenters. The summed E-state index contributed by atoms with van der Waals surface area (Å²) in [5.74, 6) is 0. The Labute approximate surface area is 163 Å². The van der Waals surface area contributed by atoms with Gasteiger partial charge in [0.15, 0.2) is 0 Å². The SMILES string of the molecule is CC1OC(C=C=CBr)CC2OC(CC(Br)C(Cl)CC2Cl)C1Cl. The van der Waals surface area contributed by atoms with Gasteiger partial charge in [-0.3, -0.25) is 0 Å². The highest BCUT2D eigenvalue weighted by atomic mass is 79.9. The zero-order chi connectivity index (χ0) is 16.3. The lowest BCUT2D eigenvalue weighted by molar-refractivity contribution is -0.108. The van der Waals surface area contributed by atoms with Gasteiger partial charge in [0.05, 0.1) is 35.2 Å². The third-order valence-electron chi connectivity index (χ3n) is 4.06. The average molecular weight is 497 g/mol. The van der Waals surface area contributed by atoms with Crippen LogP contribution in [-0.2, 0) is 9.47 Å². The van der Waals surface area contributed by atoms with Crippen molar-refractivity contribution >= 4 is 66.7 Å². The molecule has 7 heteroatoms. The van der Waals surface area contributed by atoms with E-state index in [0.29, 0.717) is 12.8 Å². The van der Waals surface area contributed by atoms with Crippen LogP contribution in [0.15, 0.2) is 16.8 Å². The molecule has 2 bridgehead atoms. The van der Waals surface area contributed by atoms with Gasteiger partial charge in [-0.1, -0.05) is 31.9 Å². The standard InChI is InChI=1S/C15H19Br2Cl3O2/c1-8-15(20)14-6-10(17)11(18)7-12(19)13(22-14)5-9(21-8)3-2-4-16/h3-4,8-15H,5-7H2,1H3. The molecule has 2 aliphatic heterocycles. The summed E-state index contributed by atoms with van der Waals surface area (Å²) >= 11 is 26.4. The van der Waals surface area contributed by atoms with Gasteiger partial charge in [0.1, 0.15) is 0 Å². The second-order valence-corrected chi connectivity index (χ2v) is 8.99. The zero-order valence-electron chi connectivity index (χ0n) is 12.1. The van der Waals surface area contributed by atoms with E-state index in [-0.39, 0.29) is 45.4 Å². The summed E-state index contributed by atoms with van der Waals surface area (Å²) in [7, 11) is 0. The number of halogens is 5. The number of ether oxygens (including phenoxy) is 2. The van der Waals surface area contributed by atoms with Crippen LogP contribution < -0.4 is 0 Å². The van der Waals surface area contributed by atoms with Crippen molar-refractivity contribution in [3.8, 4) is 0 Å². The Hall–Kier alpha value is 1.27. The molecule has 0 aromatic heterocycles. The maximum atomic E-state index is 6.59. The minimum Gasteiger partial charge on any atom is -0.372 e. The lowest BCUT2D eigenvalue weighted by atomic mass is 9.95. The maximum Gasteiger partial charge on any atom is 0.0859 e. The predicted molar refractivity (Wildman–Crippen MR) is 100 cm³/mol. The van der Waals surface area contributed by atoms with Crippen molar-refractivity contribution in [1.82, 2.24) is 0 Å². The van der Waals surface area contributed by atoms with Gasteiger partial charge in [-0.15, -0.1) is 40.5 Å². The first-order valence-electron chi connectivity index (χ1n) is 7.30. The molecule has 126 valence electrons. The molecule has 0 aliphatic carbocycles. The Morgan fingerprint density at radius 3 is 2.45 bits per heavy atom. The predicted octanol–water partition coefficient (Wildman–Crippen LogP) is 5.36. The van der Waals surface area contributed by atoms with Gasteiger partial charge in [-0.2, -0.15) is 0 Å². The quantitative estimate of drug-likeness (QED) is 0.359. The van der Waals surface area contributed by atoms with E-state index in [1.54, 1.807) is 4.99 Å². The lowest BCUT2D eigenvalue weighted by Crippen LogP contribution is -2.49. The topological polar surface area (TPSA) is 18.5 Å². The second-order valence-electron chi connectivity index (χ2n) is 5.73. The van der Waals surface area contributed by atoms with Crippen molar-refractivity contribution in [2.75, 3.05) is 0 Å². The Morgan fingerprint density at radius 2 is 1.77 bits per heavy atom. The van der Waals surface area contributed by atoms with Crippen LogP contribution in [0.2, 0.25) is 0 Å². The maximum absolute atomic E-state index is 6.59. The van der Waals surface area contributed by atoms with Gasteiger partial charge >= 0.3 is 0 Å². The normalized spacial score (nSPS) is 46.5.